The Morgan fingerprint density at radius 3 is 2.70 bits per heavy atom. The Morgan fingerprint density at radius 1 is 1.20 bits per heavy atom. The van der Waals surface area contributed by atoms with Crippen LogP contribution in [0.1, 0.15) is 5.56 Å². The second-order valence-corrected chi connectivity index (χ2v) is 5.86. The van der Waals surface area contributed by atoms with Crippen molar-refractivity contribution in [1.82, 2.24) is 24.5 Å². The Kier molecular flexibility index (Phi) is 3.81. The third-order valence-electron chi connectivity index (χ3n) is 3.03. The number of benzene rings is 1. The monoisotopic (exact) mass is 379 g/mol. The van der Waals surface area contributed by atoms with Crippen LogP contribution in [-0.2, 0) is 20.0 Å². The molecule has 0 spiro atoms. The molecule has 0 fully saturated rings. The minimum Gasteiger partial charge on any atom is -0.276 e. The zero-order valence-corrected chi connectivity index (χ0v) is 13.2. The summed E-state index contributed by atoms with van der Waals surface area (Å²) in [6, 6.07) is 8.21. The van der Waals surface area contributed by atoms with E-state index < -0.39 is 0 Å². The molecule has 3 aromatic rings. The lowest BCUT2D eigenvalue weighted by Crippen LogP contribution is -2.01. The number of nitrogens with zero attached hydrogens (tertiary/aromatic N) is 5. The van der Waals surface area contributed by atoms with E-state index in [0.717, 1.165) is 24.4 Å². The molecule has 0 saturated heterocycles. The van der Waals surface area contributed by atoms with Crippen LogP contribution >= 0.6 is 22.6 Å². The van der Waals surface area contributed by atoms with Gasteiger partial charge in [-0.15, -0.1) is 0 Å². The molecular weight excluding hydrogens is 365 g/mol. The first-order chi connectivity index (χ1) is 9.70. The van der Waals surface area contributed by atoms with Crippen molar-refractivity contribution in [2.24, 2.45) is 7.05 Å². The lowest BCUT2D eigenvalue weighted by Gasteiger charge is -1.98. The molecule has 0 radical (unpaired) electrons. The van der Waals surface area contributed by atoms with E-state index in [-0.39, 0.29) is 0 Å². The molecular formula is C14H14IN5. The molecule has 6 heteroatoms. The summed E-state index contributed by atoms with van der Waals surface area (Å²) >= 11 is 2.29. The molecule has 2 heterocycles. The van der Waals surface area contributed by atoms with Gasteiger partial charge in [-0.05, 0) is 46.7 Å². The van der Waals surface area contributed by atoms with Gasteiger partial charge in [0.1, 0.15) is 6.33 Å². The minimum absolute atomic E-state index is 0.771. The molecule has 20 heavy (non-hydrogen) atoms. The van der Waals surface area contributed by atoms with Gasteiger partial charge in [0.15, 0.2) is 5.82 Å². The van der Waals surface area contributed by atoms with Crippen LogP contribution in [0.3, 0.4) is 0 Å². The van der Waals surface area contributed by atoms with E-state index in [9.17, 15) is 0 Å². The third-order valence-corrected chi connectivity index (χ3v) is 3.75. The van der Waals surface area contributed by atoms with Gasteiger partial charge < -0.3 is 0 Å². The number of hydrogen-bond donors (Lipinski definition) is 0. The number of aryl methyl sites for hydroxylation is 3. The quantitative estimate of drug-likeness (QED) is 0.655. The summed E-state index contributed by atoms with van der Waals surface area (Å²) in [6.07, 6.45) is 6.60. The molecule has 1 aromatic carbocycles. The van der Waals surface area contributed by atoms with Crippen LogP contribution < -0.4 is 0 Å². The zero-order valence-electron chi connectivity index (χ0n) is 11.1. The van der Waals surface area contributed by atoms with Gasteiger partial charge in [-0.1, -0.05) is 12.1 Å². The minimum atomic E-state index is 0.771. The standard InChI is InChI=1S/C14H14IN5/c1-19-9-11(8-17-19)6-7-20-10-16-14(18-20)12-2-4-13(15)5-3-12/h2-5,8-10H,6-7H2,1H3. The van der Waals surface area contributed by atoms with Crippen molar-refractivity contribution in [3.8, 4) is 11.4 Å². The largest absolute Gasteiger partial charge is 0.276 e. The Morgan fingerprint density at radius 2 is 2.00 bits per heavy atom. The van der Waals surface area contributed by atoms with Gasteiger partial charge in [0.25, 0.3) is 0 Å². The molecule has 0 aliphatic rings. The number of halogens is 1. The lowest BCUT2D eigenvalue weighted by atomic mass is 10.2. The molecule has 0 aliphatic heterocycles. The topological polar surface area (TPSA) is 48.5 Å². The molecule has 3 rings (SSSR count). The summed E-state index contributed by atoms with van der Waals surface area (Å²) in [6.45, 7) is 0.809. The third kappa shape index (κ3) is 3.06. The van der Waals surface area contributed by atoms with Gasteiger partial charge in [-0.2, -0.15) is 10.2 Å². The van der Waals surface area contributed by atoms with Gasteiger partial charge >= 0.3 is 0 Å². The van der Waals surface area contributed by atoms with Crippen LogP contribution in [-0.4, -0.2) is 24.5 Å². The van der Waals surface area contributed by atoms with Crippen molar-refractivity contribution in [2.45, 2.75) is 13.0 Å². The number of hydrogen-bond acceptors (Lipinski definition) is 3. The molecule has 0 bridgehead atoms. The SMILES string of the molecule is Cn1cc(CCn2cnc(-c3ccc(I)cc3)n2)cn1. The average Bonchev–Trinajstić information content (AvgIpc) is 3.06. The van der Waals surface area contributed by atoms with E-state index in [1.807, 2.05) is 40.9 Å². The first-order valence-electron chi connectivity index (χ1n) is 6.33. The Hall–Kier alpha value is -1.70. The molecule has 5 nitrogen and oxygen atoms in total. The average molecular weight is 379 g/mol. The predicted octanol–water partition coefficient (Wildman–Crippen LogP) is 2.53. The van der Waals surface area contributed by atoms with Crippen molar-refractivity contribution in [2.75, 3.05) is 0 Å². The molecule has 0 amide bonds. The molecule has 0 N–H and O–H groups in total. The summed E-state index contributed by atoms with van der Waals surface area (Å²) in [5.41, 5.74) is 2.25. The van der Waals surface area contributed by atoms with Crippen LogP contribution in [0.2, 0.25) is 0 Å². The molecule has 0 aliphatic carbocycles. The second-order valence-electron chi connectivity index (χ2n) is 4.61. The van der Waals surface area contributed by atoms with Crippen LogP contribution in [0.25, 0.3) is 11.4 Å². The predicted molar refractivity (Wildman–Crippen MR) is 85.1 cm³/mol. The van der Waals surface area contributed by atoms with Crippen molar-refractivity contribution in [3.05, 3.63) is 52.1 Å². The highest BCUT2D eigenvalue weighted by molar-refractivity contribution is 14.1. The Bertz CT molecular complexity index is 698. The van der Waals surface area contributed by atoms with Crippen LogP contribution in [0.15, 0.2) is 43.0 Å². The number of rotatable bonds is 4. The van der Waals surface area contributed by atoms with E-state index in [0.29, 0.717) is 0 Å². The van der Waals surface area contributed by atoms with E-state index in [1.54, 1.807) is 6.33 Å². The summed E-state index contributed by atoms with van der Waals surface area (Å²) in [4.78, 5) is 4.36. The normalized spacial score (nSPS) is 10.9. The van der Waals surface area contributed by atoms with E-state index >= 15 is 0 Å². The molecule has 102 valence electrons. The van der Waals surface area contributed by atoms with E-state index in [1.165, 1.54) is 9.13 Å². The highest BCUT2D eigenvalue weighted by Crippen LogP contribution is 2.16. The summed E-state index contributed by atoms with van der Waals surface area (Å²) in [5, 5.41) is 8.67. The number of aromatic nitrogens is 5. The van der Waals surface area contributed by atoms with E-state index in [2.05, 4.69) is 49.9 Å². The zero-order chi connectivity index (χ0) is 13.9. The first-order valence-corrected chi connectivity index (χ1v) is 7.41. The molecule has 0 atom stereocenters. The van der Waals surface area contributed by atoms with Gasteiger partial charge in [0.2, 0.25) is 0 Å². The van der Waals surface area contributed by atoms with Crippen molar-refractivity contribution in [3.63, 3.8) is 0 Å². The smallest absolute Gasteiger partial charge is 0.181 e. The summed E-state index contributed by atoms with van der Waals surface area (Å²) in [7, 11) is 1.92. The maximum atomic E-state index is 4.51. The van der Waals surface area contributed by atoms with Crippen LogP contribution in [0, 0.1) is 3.57 Å². The van der Waals surface area contributed by atoms with Gasteiger partial charge in [0, 0.05) is 28.9 Å². The highest BCUT2D eigenvalue weighted by atomic mass is 127. The fourth-order valence-electron chi connectivity index (χ4n) is 1.98. The van der Waals surface area contributed by atoms with Gasteiger partial charge in [0.05, 0.1) is 6.20 Å². The second kappa shape index (κ2) is 5.74. The fourth-order valence-corrected chi connectivity index (χ4v) is 2.34. The van der Waals surface area contributed by atoms with Gasteiger partial charge in [-0.25, -0.2) is 4.98 Å². The lowest BCUT2D eigenvalue weighted by molar-refractivity contribution is 0.614. The van der Waals surface area contributed by atoms with Crippen LogP contribution in [0.5, 0.6) is 0 Å². The maximum Gasteiger partial charge on any atom is 0.181 e. The van der Waals surface area contributed by atoms with Gasteiger partial charge in [-0.3, -0.25) is 9.36 Å². The molecule has 0 unspecified atom stereocenters. The summed E-state index contributed by atoms with van der Waals surface area (Å²) < 4.78 is 4.90. The highest BCUT2D eigenvalue weighted by Gasteiger charge is 2.04. The van der Waals surface area contributed by atoms with Crippen molar-refractivity contribution < 1.29 is 0 Å². The van der Waals surface area contributed by atoms with E-state index in [4.69, 9.17) is 0 Å². The molecule has 0 saturated carbocycles. The molecule has 2 aromatic heterocycles. The summed E-state index contributed by atoms with van der Waals surface area (Å²) in [5.74, 6) is 0.771. The van der Waals surface area contributed by atoms with Crippen molar-refractivity contribution in [1.29, 1.82) is 0 Å². The van der Waals surface area contributed by atoms with Crippen molar-refractivity contribution >= 4 is 22.6 Å². The first kappa shape index (κ1) is 13.3. The van der Waals surface area contributed by atoms with Crippen LogP contribution in [0.4, 0.5) is 0 Å². The Labute approximate surface area is 130 Å². The Balaban J connectivity index is 1.69. The maximum absolute atomic E-state index is 4.51. The fraction of sp³-hybridized carbons (Fsp3) is 0.214.